The Kier molecular flexibility index (Phi) is 10.9. The van der Waals surface area contributed by atoms with Crippen molar-refractivity contribution in [1.29, 1.82) is 0 Å². The summed E-state index contributed by atoms with van der Waals surface area (Å²) in [6.07, 6.45) is 12.3. The van der Waals surface area contributed by atoms with Gasteiger partial charge < -0.3 is 20.9 Å². The molecule has 0 unspecified atom stereocenters. The second-order valence-corrected chi connectivity index (χ2v) is 7.03. The van der Waals surface area contributed by atoms with Gasteiger partial charge in [-0.25, -0.2) is 9.59 Å². The number of nitrogens with two attached hydrogens (primary N) is 1. The van der Waals surface area contributed by atoms with Crippen LogP contribution < -0.4 is 11.1 Å². The molecule has 1 fully saturated rings. The van der Waals surface area contributed by atoms with Crippen molar-refractivity contribution in [3.63, 3.8) is 0 Å². The van der Waals surface area contributed by atoms with Crippen molar-refractivity contribution in [2.75, 3.05) is 0 Å². The minimum atomic E-state index is -1.09. The number of hydrogen-bond donors (Lipinski definition) is 3. The highest BCUT2D eigenvalue weighted by Gasteiger charge is 2.23. The maximum atomic E-state index is 11.4. The second-order valence-electron chi connectivity index (χ2n) is 7.03. The van der Waals surface area contributed by atoms with Gasteiger partial charge in [-0.1, -0.05) is 19.3 Å². The molecule has 1 rings (SSSR count). The normalized spacial score (nSPS) is 16.1. The van der Waals surface area contributed by atoms with Crippen LogP contribution in [0.25, 0.3) is 0 Å². The summed E-state index contributed by atoms with van der Waals surface area (Å²) in [6.45, 7) is 5.13. The van der Waals surface area contributed by atoms with Crippen LogP contribution in [0.3, 0.4) is 0 Å². The van der Waals surface area contributed by atoms with E-state index >= 15 is 0 Å². The van der Waals surface area contributed by atoms with Crippen molar-refractivity contribution in [1.82, 2.24) is 5.32 Å². The molecule has 138 valence electrons. The number of aliphatic carboxylic acids is 1. The van der Waals surface area contributed by atoms with Crippen LogP contribution in [-0.4, -0.2) is 34.9 Å². The molecule has 6 heteroatoms. The second kappa shape index (κ2) is 11.7. The van der Waals surface area contributed by atoms with Crippen LogP contribution in [-0.2, 0) is 9.53 Å². The van der Waals surface area contributed by atoms with Crippen LogP contribution in [0.1, 0.15) is 72.1 Å². The first kappa shape index (κ1) is 22.3. The summed E-state index contributed by atoms with van der Waals surface area (Å²) in [4.78, 5) is 22.2. The maximum absolute atomic E-state index is 11.4. The van der Waals surface area contributed by atoms with E-state index in [1.54, 1.807) is 20.8 Å². The van der Waals surface area contributed by atoms with Gasteiger partial charge in [-0.05, 0) is 46.5 Å². The molecule has 0 radical (unpaired) electrons. The summed E-state index contributed by atoms with van der Waals surface area (Å²) < 4.78 is 4.97. The smallest absolute Gasteiger partial charge is 0.408 e. The third-order valence-electron chi connectivity index (χ3n) is 3.45. The highest BCUT2D eigenvalue weighted by atomic mass is 16.6. The number of terminal acetylenes is 1. The zero-order valence-corrected chi connectivity index (χ0v) is 15.1. The number of nitrogens with one attached hydrogen (secondary N) is 1. The van der Waals surface area contributed by atoms with Crippen LogP contribution in [0.4, 0.5) is 4.79 Å². The number of carboxylic acids is 1. The lowest BCUT2D eigenvalue weighted by molar-refractivity contribution is -0.139. The highest BCUT2D eigenvalue weighted by Crippen LogP contribution is 2.14. The molecule has 0 heterocycles. The predicted octanol–water partition coefficient (Wildman–Crippen LogP) is 3.05. The topological polar surface area (TPSA) is 102 Å². The van der Waals surface area contributed by atoms with E-state index in [1.807, 2.05) is 0 Å². The number of hydrogen-bond acceptors (Lipinski definition) is 4. The van der Waals surface area contributed by atoms with Crippen LogP contribution in [0, 0.1) is 12.3 Å². The van der Waals surface area contributed by atoms with E-state index in [0.29, 0.717) is 25.3 Å². The molecule has 0 bridgehead atoms. The molecule has 0 saturated heterocycles. The van der Waals surface area contributed by atoms with E-state index in [9.17, 15) is 9.59 Å². The summed E-state index contributed by atoms with van der Waals surface area (Å²) in [5.41, 5.74) is 4.99. The Morgan fingerprint density at radius 2 is 1.92 bits per heavy atom. The number of carboxylic acid groups (broad SMARTS) is 1. The van der Waals surface area contributed by atoms with Gasteiger partial charge in [0.05, 0.1) is 0 Å². The van der Waals surface area contributed by atoms with Crippen molar-refractivity contribution in [3.05, 3.63) is 0 Å². The SMILES string of the molecule is C#CCCC[C@H](NC(=O)OC(C)(C)C)C(=O)O.NC1CCCCC1. The van der Waals surface area contributed by atoms with E-state index in [0.717, 1.165) is 0 Å². The number of amides is 1. The number of ether oxygens (including phenoxy) is 1. The van der Waals surface area contributed by atoms with E-state index in [4.69, 9.17) is 22.0 Å². The molecular weight excluding hydrogens is 308 g/mol. The van der Waals surface area contributed by atoms with E-state index in [2.05, 4.69) is 11.2 Å². The predicted molar refractivity (Wildman–Crippen MR) is 94.5 cm³/mol. The Morgan fingerprint density at radius 1 is 1.33 bits per heavy atom. The zero-order chi connectivity index (χ0) is 18.6. The fourth-order valence-electron chi connectivity index (χ4n) is 2.25. The van der Waals surface area contributed by atoms with Crippen LogP contribution in [0.15, 0.2) is 0 Å². The summed E-state index contributed by atoms with van der Waals surface area (Å²) in [7, 11) is 0. The number of unbranched alkanes of at least 4 members (excludes halogenated alkanes) is 1. The van der Waals surface area contributed by atoms with Gasteiger partial charge in [-0.2, -0.15) is 0 Å². The molecule has 0 spiro atoms. The third kappa shape index (κ3) is 12.8. The average Bonchev–Trinajstić information content (AvgIpc) is 2.46. The van der Waals surface area contributed by atoms with Gasteiger partial charge in [0.15, 0.2) is 0 Å². The molecule has 0 aromatic carbocycles. The first-order valence-corrected chi connectivity index (χ1v) is 8.57. The zero-order valence-electron chi connectivity index (χ0n) is 15.1. The lowest BCUT2D eigenvalue weighted by Crippen LogP contribution is -2.43. The van der Waals surface area contributed by atoms with Crippen LogP contribution >= 0.6 is 0 Å². The first-order valence-electron chi connectivity index (χ1n) is 8.57. The first-order chi connectivity index (χ1) is 11.2. The molecular formula is C18H32N2O4. The molecule has 0 aliphatic heterocycles. The molecule has 6 nitrogen and oxygen atoms in total. The lowest BCUT2D eigenvalue weighted by atomic mass is 9.97. The van der Waals surface area contributed by atoms with Gasteiger partial charge in [0.1, 0.15) is 11.6 Å². The Labute approximate surface area is 145 Å². The Balaban J connectivity index is 0.000000620. The monoisotopic (exact) mass is 340 g/mol. The summed E-state index contributed by atoms with van der Waals surface area (Å²) in [6, 6.07) is -0.424. The fraction of sp³-hybridized carbons (Fsp3) is 0.778. The molecule has 1 saturated carbocycles. The molecule has 1 amide bonds. The van der Waals surface area contributed by atoms with Crippen molar-refractivity contribution in [2.24, 2.45) is 5.73 Å². The van der Waals surface area contributed by atoms with Crippen molar-refractivity contribution in [3.8, 4) is 12.3 Å². The summed E-state index contributed by atoms with van der Waals surface area (Å²) in [5, 5.41) is 11.2. The maximum Gasteiger partial charge on any atom is 0.408 e. The molecule has 1 aliphatic carbocycles. The Morgan fingerprint density at radius 3 is 2.29 bits per heavy atom. The van der Waals surface area contributed by atoms with Gasteiger partial charge in [-0.15, -0.1) is 12.3 Å². The van der Waals surface area contributed by atoms with Crippen molar-refractivity contribution < 1.29 is 19.4 Å². The van der Waals surface area contributed by atoms with Gasteiger partial charge in [0.2, 0.25) is 0 Å². The van der Waals surface area contributed by atoms with E-state index in [1.165, 1.54) is 32.1 Å². The van der Waals surface area contributed by atoms with Crippen LogP contribution in [0.5, 0.6) is 0 Å². The molecule has 0 aromatic heterocycles. The van der Waals surface area contributed by atoms with E-state index in [-0.39, 0.29) is 0 Å². The fourth-order valence-corrected chi connectivity index (χ4v) is 2.25. The number of alkyl carbamates (subject to hydrolysis) is 1. The van der Waals surface area contributed by atoms with Gasteiger partial charge in [0, 0.05) is 12.5 Å². The minimum Gasteiger partial charge on any atom is -0.480 e. The lowest BCUT2D eigenvalue weighted by Gasteiger charge is -2.21. The highest BCUT2D eigenvalue weighted by molar-refractivity contribution is 5.79. The summed E-state index contributed by atoms with van der Waals surface area (Å²) in [5.74, 6) is 1.33. The minimum absolute atomic E-state index is 0.290. The third-order valence-corrected chi connectivity index (χ3v) is 3.45. The molecule has 1 atom stereocenters. The standard InChI is InChI=1S/C12H19NO4.C6H13N/c1-5-6-7-8-9(10(14)15)13-11(16)17-12(2,3)4;7-6-4-2-1-3-5-6/h1,9H,6-8H2,2-4H3,(H,13,16)(H,14,15);6H,1-5,7H2/t9-;/m0./s1. The Bertz CT molecular complexity index is 418. The average molecular weight is 340 g/mol. The quantitative estimate of drug-likeness (QED) is 0.527. The number of carbonyl (C=O) groups is 2. The molecule has 24 heavy (non-hydrogen) atoms. The number of carbonyl (C=O) groups excluding carboxylic acids is 1. The van der Waals surface area contributed by atoms with Crippen molar-refractivity contribution >= 4 is 12.1 Å². The molecule has 0 aromatic rings. The van der Waals surface area contributed by atoms with Gasteiger partial charge in [-0.3, -0.25) is 0 Å². The molecule has 1 aliphatic rings. The summed E-state index contributed by atoms with van der Waals surface area (Å²) >= 11 is 0. The van der Waals surface area contributed by atoms with Gasteiger partial charge in [0.25, 0.3) is 0 Å². The van der Waals surface area contributed by atoms with Crippen LogP contribution in [0.2, 0.25) is 0 Å². The largest absolute Gasteiger partial charge is 0.480 e. The van der Waals surface area contributed by atoms with E-state index < -0.39 is 23.7 Å². The number of rotatable bonds is 5. The van der Waals surface area contributed by atoms with Crippen molar-refractivity contribution in [2.45, 2.75) is 89.8 Å². The van der Waals surface area contributed by atoms with Gasteiger partial charge >= 0.3 is 12.1 Å². The Hall–Kier alpha value is -1.74. The molecule has 4 N–H and O–H groups in total.